The van der Waals surface area contributed by atoms with Crippen LogP contribution in [0.2, 0.25) is 0 Å². The van der Waals surface area contributed by atoms with Crippen LogP contribution in [0.3, 0.4) is 0 Å². The number of carbonyl (C=O) groups is 5. The van der Waals surface area contributed by atoms with Crippen LogP contribution in [-0.2, 0) is 42.6 Å². The van der Waals surface area contributed by atoms with Gasteiger partial charge in [-0.25, -0.2) is 24.0 Å². The number of carbonyl (C=O) groups excluding carboxylic acids is 5. The van der Waals surface area contributed by atoms with Gasteiger partial charge >= 0.3 is 30.5 Å². The first-order valence-electron chi connectivity index (χ1n) is 22.3. The molecule has 0 bridgehead atoms. The van der Waals surface area contributed by atoms with Crippen LogP contribution in [0.1, 0.15) is 117 Å². The fourth-order valence-corrected chi connectivity index (χ4v) is 7.15. The van der Waals surface area contributed by atoms with Crippen molar-refractivity contribution in [1.29, 1.82) is 0 Å². The fraction of sp³-hybridized carbons (Fsp3) is 0.884. The summed E-state index contributed by atoms with van der Waals surface area (Å²) in [5, 5.41) is 69.5. The minimum Gasteiger partial charge on any atom is -0.444 e. The normalized spacial score (nSPS) is 31.9. The molecular formula is C43H77N5O19. The van der Waals surface area contributed by atoms with Crippen molar-refractivity contribution in [2.45, 2.75) is 230 Å². The molecule has 3 fully saturated rings. The van der Waals surface area contributed by atoms with Gasteiger partial charge in [0.15, 0.2) is 12.6 Å². The van der Waals surface area contributed by atoms with Gasteiger partial charge in [-0.3, -0.25) is 0 Å². The van der Waals surface area contributed by atoms with Crippen LogP contribution in [0.15, 0.2) is 0 Å². The van der Waals surface area contributed by atoms with Crippen LogP contribution in [0.4, 0.5) is 24.0 Å². The van der Waals surface area contributed by atoms with Crippen molar-refractivity contribution in [2.75, 3.05) is 13.2 Å². The zero-order chi connectivity index (χ0) is 51.2. The smallest absolute Gasteiger partial charge is 0.408 e. The van der Waals surface area contributed by atoms with Gasteiger partial charge in [0, 0.05) is 13.0 Å². The third-order valence-corrected chi connectivity index (χ3v) is 9.64. The van der Waals surface area contributed by atoms with Gasteiger partial charge < -0.3 is 94.7 Å². The van der Waals surface area contributed by atoms with Crippen LogP contribution < -0.4 is 26.6 Å². The molecule has 0 aromatic heterocycles. The number of amides is 5. The minimum atomic E-state index is -1.96. The maximum atomic E-state index is 13.5. The van der Waals surface area contributed by atoms with Gasteiger partial charge in [-0.15, -0.1) is 0 Å². The summed E-state index contributed by atoms with van der Waals surface area (Å²) in [6.45, 7) is 23.2. The lowest BCUT2D eigenvalue weighted by Crippen LogP contribution is -2.70. The van der Waals surface area contributed by atoms with E-state index in [4.69, 9.17) is 42.6 Å². The minimum absolute atomic E-state index is 0.251. The predicted octanol–water partition coefficient (Wildman–Crippen LogP) is 1.53. The maximum Gasteiger partial charge on any atom is 0.408 e. The van der Waals surface area contributed by atoms with Gasteiger partial charge in [0.05, 0.1) is 36.9 Å². The molecule has 3 rings (SSSR count). The molecule has 2 heterocycles. The van der Waals surface area contributed by atoms with Crippen LogP contribution in [0.25, 0.3) is 0 Å². The Morgan fingerprint density at radius 2 is 0.851 bits per heavy atom. The molecular weight excluding hydrogens is 890 g/mol. The first kappa shape index (κ1) is 57.3. The van der Waals surface area contributed by atoms with E-state index in [1.807, 2.05) is 0 Å². The molecule has 14 atom stereocenters. The third kappa shape index (κ3) is 19.1. The number of nitrogens with one attached hydrogen (secondary N) is 5. The molecule has 10 N–H and O–H groups in total. The predicted molar refractivity (Wildman–Crippen MR) is 234 cm³/mol. The molecule has 24 nitrogen and oxygen atoms in total. The average molecular weight is 968 g/mol. The Hall–Kier alpha value is -4.01. The van der Waals surface area contributed by atoms with E-state index < -0.39 is 151 Å². The first-order valence-corrected chi connectivity index (χ1v) is 22.3. The number of aliphatic hydroxyl groups excluding tert-OH is 5. The van der Waals surface area contributed by atoms with E-state index in [1.54, 1.807) is 104 Å². The van der Waals surface area contributed by atoms with Crippen molar-refractivity contribution in [2.24, 2.45) is 0 Å². The van der Waals surface area contributed by atoms with Gasteiger partial charge in [-0.05, 0) is 110 Å². The highest BCUT2D eigenvalue weighted by Gasteiger charge is 2.54. The molecule has 67 heavy (non-hydrogen) atoms. The lowest BCUT2D eigenvalue weighted by Gasteiger charge is -2.49. The number of hydrogen-bond donors (Lipinski definition) is 10. The van der Waals surface area contributed by atoms with Gasteiger partial charge in [-0.2, -0.15) is 0 Å². The van der Waals surface area contributed by atoms with Crippen molar-refractivity contribution >= 4 is 30.5 Å². The summed E-state index contributed by atoms with van der Waals surface area (Å²) in [5.41, 5.74) is -4.84. The second-order valence-electron chi connectivity index (χ2n) is 21.8. The Kier molecular flexibility index (Phi) is 19.3. The van der Waals surface area contributed by atoms with Crippen molar-refractivity contribution in [3.05, 3.63) is 0 Å². The SMILES string of the molecule is CC(C)(C)OC(=O)NC[C@H]1O[C@H](OC2C(O)[C@@H](O[C@H]3OC(CO)[C@@H](O)[C@H](NC(=O)OC(C)(C)C)C3O)[C@H](NC(=O)OC(C)(C)C)C[C@@H]2NC(=O)OC(C)(C)C)[C@H](NC(=O)OC(C)(C)C)CC1O. The lowest BCUT2D eigenvalue weighted by molar-refractivity contribution is -0.318. The molecule has 5 unspecified atom stereocenters. The van der Waals surface area contributed by atoms with Crippen LogP contribution in [-0.4, -0.2) is 183 Å². The van der Waals surface area contributed by atoms with Crippen molar-refractivity contribution in [3.8, 4) is 0 Å². The highest BCUT2D eigenvalue weighted by molar-refractivity contribution is 5.70. The molecule has 2 aliphatic heterocycles. The summed E-state index contributed by atoms with van der Waals surface area (Å²) in [7, 11) is 0. The Bertz CT molecular complexity index is 1670. The van der Waals surface area contributed by atoms with E-state index in [-0.39, 0.29) is 19.4 Å². The standard InChI is InChI=1S/C43H77N5O19/c1-39(2,3)63-34(54)44-18-24-23(50)17-22(47-37(57)66-42(10,11)12)32(59-24)61-30-20(45-35(55)64-40(4,5)6)16-21(46-36(56)65-41(7,8)9)31(29(30)53)62-33-28(52)26(27(51)25(19-49)60-33)48-38(58)67-43(13,14)15/h20-33,49-53H,16-19H2,1-15H3,(H,44,54)(H,45,55)(H,46,56)(H,47,57)(H,48,58)/t20-,21+,22+,23?,24+,25?,26-,27+,28?,29?,30?,31-,32+,33+/m0/s1. The first-order chi connectivity index (χ1) is 30.4. The third-order valence-electron chi connectivity index (χ3n) is 9.64. The second kappa shape index (κ2) is 22.6. The Morgan fingerprint density at radius 3 is 1.27 bits per heavy atom. The monoisotopic (exact) mass is 968 g/mol. The molecule has 24 heteroatoms. The van der Waals surface area contributed by atoms with E-state index in [2.05, 4.69) is 26.6 Å². The van der Waals surface area contributed by atoms with Gasteiger partial charge in [0.25, 0.3) is 0 Å². The number of hydrogen-bond acceptors (Lipinski definition) is 19. The van der Waals surface area contributed by atoms with Crippen molar-refractivity contribution in [1.82, 2.24) is 26.6 Å². The summed E-state index contributed by atoms with van der Waals surface area (Å²) in [4.78, 5) is 65.6. The van der Waals surface area contributed by atoms with Gasteiger partial charge in [0.1, 0.15) is 70.7 Å². The molecule has 0 aromatic carbocycles. The summed E-state index contributed by atoms with van der Waals surface area (Å²) < 4.78 is 51.9. The fourth-order valence-electron chi connectivity index (χ4n) is 7.15. The highest BCUT2D eigenvalue weighted by atomic mass is 16.7. The van der Waals surface area contributed by atoms with E-state index in [0.717, 1.165) is 0 Å². The molecule has 2 saturated heterocycles. The number of aliphatic hydroxyl groups is 5. The molecule has 1 aliphatic carbocycles. The summed E-state index contributed by atoms with van der Waals surface area (Å²) in [6, 6.07) is -5.42. The quantitative estimate of drug-likeness (QED) is 0.131. The Labute approximate surface area is 392 Å². The lowest BCUT2D eigenvalue weighted by atomic mass is 9.83. The van der Waals surface area contributed by atoms with Crippen LogP contribution >= 0.6 is 0 Å². The Balaban J connectivity index is 2.14. The summed E-state index contributed by atoms with van der Waals surface area (Å²) in [5.74, 6) is 0. The highest BCUT2D eigenvalue weighted by Crippen LogP contribution is 2.34. The zero-order valence-electron chi connectivity index (χ0n) is 41.4. The van der Waals surface area contributed by atoms with Crippen molar-refractivity contribution < 1.29 is 92.1 Å². The molecule has 3 aliphatic rings. The van der Waals surface area contributed by atoms with Gasteiger partial charge in [0.2, 0.25) is 0 Å². The largest absolute Gasteiger partial charge is 0.444 e. The molecule has 0 aromatic rings. The molecule has 1 saturated carbocycles. The van der Waals surface area contributed by atoms with Crippen LogP contribution in [0.5, 0.6) is 0 Å². The van der Waals surface area contributed by atoms with E-state index in [0.29, 0.717) is 0 Å². The molecule has 0 spiro atoms. The summed E-state index contributed by atoms with van der Waals surface area (Å²) in [6.07, 6.45) is -21.7. The number of rotatable bonds is 11. The van der Waals surface area contributed by atoms with Gasteiger partial charge in [-0.1, -0.05) is 0 Å². The average Bonchev–Trinajstić information content (AvgIpc) is 3.10. The Morgan fingerprint density at radius 1 is 0.478 bits per heavy atom. The topological polar surface area (TPSA) is 330 Å². The number of ether oxygens (including phenoxy) is 9. The second-order valence-corrected chi connectivity index (χ2v) is 21.8. The molecule has 0 radical (unpaired) electrons. The molecule has 388 valence electrons. The van der Waals surface area contributed by atoms with Crippen molar-refractivity contribution in [3.63, 3.8) is 0 Å². The summed E-state index contributed by atoms with van der Waals surface area (Å²) >= 11 is 0. The zero-order valence-corrected chi connectivity index (χ0v) is 41.4. The van der Waals surface area contributed by atoms with E-state index in [1.165, 1.54) is 0 Å². The van der Waals surface area contributed by atoms with Crippen LogP contribution in [0, 0.1) is 0 Å². The van der Waals surface area contributed by atoms with E-state index in [9.17, 15) is 49.5 Å². The molecule has 5 amide bonds. The number of alkyl carbamates (subject to hydrolysis) is 5. The van der Waals surface area contributed by atoms with E-state index >= 15 is 0 Å². The maximum absolute atomic E-state index is 13.5.